The van der Waals surface area contributed by atoms with E-state index in [4.69, 9.17) is 5.84 Å². The van der Waals surface area contributed by atoms with Gasteiger partial charge in [-0.05, 0) is 39.1 Å². The van der Waals surface area contributed by atoms with Gasteiger partial charge in [0.25, 0.3) is 0 Å². The number of rotatable bonds is 11. The quantitative estimate of drug-likeness (QED) is 0.413. The van der Waals surface area contributed by atoms with Gasteiger partial charge in [0.15, 0.2) is 0 Å². The monoisotopic (exact) mass is 260 g/mol. The molecule has 18 heavy (non-hydrogen) atoms. The minimum absolute atomic E-state index is 0.320. The highest BCUT2D eigenvalue weighted by Gasteiger charge is 2.08. The maximum Gasteiger partial charge on any atom is 0.327 e. The Labute approximate surface area is 110 Å². The van der Waals surface area contributed by atoms with Crippen molar-refractivity contribution < 1.29 is 9.63 Å². The fourth-order valence-corrected chi connectivity index (χ4v) is 1.85. The largest absolute Gasteiger partial charge is 0.356 e. The Hall–Kier alpha value is -0.690. The first kappa shape index (κ1) is 17.3. The fraction of sp³-hybridized carbons (Fsp3) is 0.917. The van der Waals surface area contributed by atoms with Crippen LogP contribution >= 0.6 is 0 Å². The van der Waals surface area contributed by atoms with Crippen molar-refractivity contribution in [1.29, 1.82) is 0 Å². The third-order valence-corrected chi connectivity index (χ3v) is 3.10. The molecule has 0 fully saturated rings. The van der Waals surface area contributed by atoms with Crippen LogP contribution in [0, 0.1) is 0 Å². The lowest BCUT2D eigenvalue weighted by Gasteiger charge is -2.22. The number of carbonyl (C=O) groups excluding carboxylic acids is 1. The van der Waals surface area contributed by atoms with E-state index in [0.29, 0.717) is 6.42 Å². The van der Waals surface area contributed by atoms with Crippen LogP contribution in [0.25, 0.3) is 0 Å². The topological polar surface area (TPSA) is 70.8 Å². The number of nitrogens with one attached hydrogen (secondary N) is 1. The molecule has 0 aromatic rings. The molecular weight excluding hydrogens is 232 g/mol. The second-order valence-corrected chi connectivity index (χ2v) is 4.16. The molecule has 3 N–H and O–H groups in total. The number of hydrogen-bond donors (Lipinski definition) is 2. The smallest absolute Gasteiger partial charge is 0.327 e. The summed E-state index contributed by atoms with van der Waals surface area (Å²) in [6.07, 6.45) is 1.49. The second kappa shape index (κ2) is 11.4. The number of hydrazine groups is 1. The van der Waals surface area contributed by atoms with E-state index in [2.05, 4.69) is 35.4 Å². The Kier molecular flexibility index (Phi) is 11.0. The lowest BCUT2D eigenvalue weighted by atomic mass is 10.3. The van der Waals surface area contributed by atoms with Gasteiger partial charge in [-0.3, -0.25) is 4.79 Å². The van der Waals surface area contributed by atoms with Crippen LogP contribution in [0.1, 0.15) is 33.6 Å². The van der Waals surface area contributed by atoms with E-state index < -0.39 is 0 Å². The average molecular weight is 260 g/mol. The molecule has 0 spiro atoms. The van der Waals surface area contributed by atoms with Crippen LogP contribution in [0.15, 0.2) is 0 Å². The van der Waals surface area contributed by atoms with Crippen molar-refractivity contribution in [2.45, 2.75) is 33.6 Å². The molecule has 6 nitrogen and oxygen atoms in total. The Morgan fingerprint density at radius 2 is 1.61 bits per heavy atom. The zero-order valence-electron chi connectivity index (χ0n) is 11.9. The Balaban J connectivity index is 3.73. The number of nitrogens with two attached hydrogens (primary N) is 1. The van der Waals surface area contributed by atoms with Gasteiger partial charge in [-0.15, -0.1) is 0 Å². The molecular formula is C12H28N4O2. The summed E-state index contributed by atoms with van der Waals surface area (Å²) in [5.74, 6) is 4.58. The standard InChI is InChI=1S/C12H28N4O2/c1-4-15(5-2)9-7-10-16(6-3)11-8-12(17)18-14-13/h14H,4-11,13H2,1-3H3. The predicted octanol–water partition coefficient (Wildman–Crippen LogP) is 0.352. The molecule has 0 amide bonds. The summed E-state index contributed by atoms with van der Waals surface area (Å²) in [4.78, 5) is 20.3. The number of carbonyl (C=O) groups is 1. The zero-order chi connectivity index (χ0) is 13.8. The van der Waals surface area contributed by atoms with Gasteiger partial charge in [0.05, 0.1) is 6.42 Å². The van der Waals surface area contributed by atoms with E-state index in [9.17, 15) is 4.79 Å². The highest BCUT2D eigenvalue weighted by Crippen LogP contribution is 1.97. The van der Waals surface area contributed by atoms with Gasteiger partial charge in [0, 0.05) is 6.54 Å². The maximum absolute atomic E-state index is 11.1. The van der Waals surface area contributed by atoms with Gasteiger partial charge in [-0.25, -0.2) is 5.84 Å². The maximum atomic E-state index is 11.1. The van der Waals surface area contributed by atoms with Gasteiger partial charge in [-0.2, -0.15) is 0 Å². The van der Waals surface area contributed by atoms with Gasteiger partial charge >= 0.3 is 5.97 Å². The zero-order valence-corrected chi connectivity index (χ0v) is 11.9. The van der Waals surface area contributed by atoms with Gasteiger partial charge < -0.3 is 14.6 Å². The minimum Gasteiger partial charge on any atom is -0.356 e. The van der Waals surface area contributed by atoms with Crippen LogP contribution in [0.2, 0.25) is 0 Å². The highest BCUT2D eigenvalue weighted by molar-refractivity contribution is 5.69. The molecule has 0 aromatic carbocycles. The van der Waals surface area contributed by atoms with Crippen molar-refractivity contribution in [1.82, 2.24) is 15.4 Å². The summed E-state index contributed by atoms with van der Waals surface area (Å²) >= 11 is 0. The van der Waals surface area contributed by atoms with Gasteiger partial charge in [0.2, 0.25) is 0 Å². The lowest BCUT2D eigenvalue weighted by molar-refractivity contribution is -0.151. The molecule has 0 aliphatic heterocycles. The van der Waals surface area contributed by atoms with Gasteiger partial charge in [0.1, 0.15) is 0 Å². The first-order valence-corrected chi connectivity index (χ1v) is 6.77. The average Bonchev–Trinajstić information content (AvgIpc) is 2.38. The Bertz CT molecular complexity index is 210. The molecule has 0 radical (unpaired) electrons. The van der Waals surface area contributed by atoms with Crippen LogP contribution < -0.4 is 11.4 Å². The molecule has 0 bridgehead atoms. The minimum atomic E-state index is -0.320. The van der Waals surface area contributed by atoms with Crippen molar-refractivity contribution >= 4 is 5.97 Å². The number of hydrogen-bond acceptors (Lipinski definition) is 6. The van der Waals surface area contributed by atoms with Crippen molar-refractivity contribution in [2.24, 2.45) is 5.84 Å². The fourth-order valence-electron chi connectivity index (χ4n) is 1.85. The molecule has 0 aliphatic rings. The molecule has 0 saturated carbocycles. The molecule has 0 saturated heterocycles. The van der Waals surface area contributed by atoms with Crippen LogP contribution in [0.3, 0.4) is 0 Å². The summed E-state index contributed by atoms with van der Waals surface area (Å²) in [7, 11) is 0. The van der Waals surface area contributed by atoms with E-state index >= 15 is 0 Å². The third-order valence-electron chi connectivity index (χ3n) is 3.10. The van der Waals surface area contributed by atoms with E-state index in [-0.39, 0.29) is 5.97 Å². The molecule has 0 aromatic heterocycles. The lowest BCUT2D eigenvalue weighted by Crippen LogP contribution is -2.33. The van der Waals surface area contributed by atoms with Crippen LogP contribution in [0.5, 0.6) is 0 Å². The molecule has 0 unspecified atom stereocenters. The highest BCUT2D eigenvalue weighted by atomic mass is 16.7. The van der Waals surface area contributed by atoms with E-state index in [1.807, 2.05) is 5.59 Å². The molecule has 0 aliphatic carbocycles. The van der Waals surface area contributed by atoms with Crippen molar-refractivity contribution in [3.63, 3.8) is 0 Å². The summed E-state index contributed by atoms with van der Waals surface area (Å²) in [6.45, 7) is 12.4. The molecule has 0 heterocycles. The van der Waals surface area contributed by atoms with E-state index in [1.165, 1.54) is 0 Å². The van der Waals surface area contributed by atoms with E-state index in [1.54, 1.807) is 0 Å². The SMILES string of the molecule is CCN(CC)CCCN(CC)CCC(=O)ONN. The Morgan fingerprint density at radius 1 is 1.06 bits per heavy atom. The van der Waals surface area contributed by atoms with Crippen molar-refractivity contribution in [2.75, 3.05) is 39.3 Å². The van der Waals surface area contributed by atoms with Gasteiger partial charge in [-0.1, -0.05) is 26.4 Å². The van der Waals surface area contributed by atoms with Crippen molar-refractivity contribution in [3.8, 4) is 0 Å². The summed E-state index contributed by atoms with van der Waals surface area (Å²) in [6, 6.07) is 0. The van der Waals surface area contributed by atoms with Crippen molar-refractivity contribution in [3.05, 3.63) is 0 Å². The normalized spacial score (nSPS) is 11.2. The third kappa shape index (κ3) is 8.41. The number of nitrogens with zero attached hydrogens (tertiary/aromatic N) is 2. The van der Waals surface area contributed by atoms with Crippen LogP contribution in [0.4, 0.5) is 0 Å². The first-order chi connectivity index (χ1) is 8.67. The summed E-state index contributed by atoms with van der Waals surface area (Å²) in [5, 5.41) is 0. The summed E-state index contributed by atoms with van der Waals surface area (Å²) in [5.41, 5.74) is 1.91. The second-order valence-electron chi connectivity index (χ2n) is 4.16. The molecule has 0 atom stereocenters. The predicted molar refractivity (Wildman–Crippen MR) is 72.6 cm³/mol. The summed E-state index contributed by atoms with van der Waals surface area (Å²) < 4.78 is 0. The molecule has 0 rings (SSSR count). The van der Waals surface area contributed by atoms with E-state index in [0.717, 1.165) is 45.7 Å². The van der Waals surface area contributed by atoms with Crippen LogP contribution in [-0.4, -0.2) is 55.0 Å². The Morgan fingerprint density at radius 3 is 2.11 bits per heavy atom. The molecule has 6 heteroatoms. The first-order valence-electron chi connectivity index (χ1n) is 6.77. The molecule has 108 valence electrons. The van der Waals surface area contributed by atoms with Crippen LogP contribution in [-0.2, 0) is 9.63 Å².